The van der Waals surface area contributed by atoms with E-state index in [1.807, 2.05) is 26.0 Å². The van der Waals surface area contributed by atoms with Gasteiger partial charge in [-0.3, -0.25) is 4.79 Å². The lowest BCUT2D eigenvalue weighted by Gasteiger charge is -2.15. The number of rotatable bonds is 4. The van der Waals surface area contributed by atoms with Gasteiger partial charge in [0.2, 0.25) is 5.91 Å². The molecule has 4 nitrogen and oxygen atoms in total. The Morgan fingerprint density at radius 1 is 1.63 bits per heavy atom. The van der Waals surface area contributed by atoms with Crippen molar-refractivity contribution in [1.82, 2.24) is 5.32 Å². The first-order chi connectivity index (χ1) is 9.06. The molecule has 2 rings (SSSR count). The molecule has 0 spiro atoms. The quantitative estimate of drug-likeness (QED) is 0.864. The molecule has 0 aromatic heterocycles. The Bertz CT molecular complexity index is 490. The van der Waals surface area contributed by atoms with Crippen molar-refractivity contribution in [3.05, 3.63) is 23.3 Å². The van der Waals surface area contributed by atoms with Gasteiger partial charge in [0.25, 0.3) is 0 Å². The maximum Gasteiger partial charge on any atom is 0.242 e. The Kier molecular flexibility index (Phi) is 4.20. The molecule has 1 amide bonds. The van der Waals surface area contributed by atoms with Crippen LogP contribution in [0.2, 0.25) is 0 Å². The van der Waals surface area contributed by atoms with Crippen LogP contribution in [0.4, 0.5) is 0 Å². The molecule has 5 heteroatoms. The molecule has 1 aromatic carbocycles. The number of hydrogen-bond donors (Lipinski definition) is 1. The van der Waals surface area contributed by atoms with Gasteiger partial charge in [-0.25, -0.2) is 0 Å². The third-order valence-electron chi connectivity index (χ3n) is 3.08. The molecule has 1 aliphatic rings. The van der Waals surface area contributed by atoms with Crippen LogP contribution in [0.1, 0.15) is 30.4 Å². The van der Waals surface area contributed by atoms with Gasteiger partial charge in [0.05, 0.1) is 6.61 Å². The number of likely N-dealkylation sites (N-methyl/N-ethyl adjacent to an activating group) is 1. The summed E-state index contributed by atoms with van der Waals surface area (Å²) in [7, 11) is 1.56. The standard InChI is InChI=1S/C14H18ClNO3/c1-4-18-12-6-9-5-8(2)19-11(9)7-10(12)13(15)14(17)16-3/h6-8,13H,4-5H2,1-3H3,(H,16,17). The Morgan fingerprint density at radius 2 is 2.37 bits per heavy atom. The van der Waals surface area contributed by atoms with Crippen molar-refractivity contribution in [2.24, 2.45) is 0 Å². The van der Waals surface area contributed by atoms with Gasteiger partial charge in [-0.05, 0) is 26.0 Å². The summed E-state index contributed by atoms with van der Waals surface area (Å²) in [6.45, 7) is 4.44. The molecular formula is C14H18ClNO3. The van der Waals surface area contributed by atoms with Crippen molar-refractivity contribution in [2.75, 3.05) is 13.7 Å². The monoisotopic (exact) mass is 283 g/mol. The van der Waals surface area contributed by atoms with Gasteiger partial charge in [-0.15, -0.1) is 11.6 Å². The lowest BCUT2D eigenvalue weighted by molar-refractivity contribution is -0.120. The molecule has 0 saturated heterocycles. The second kappa shape index (κ2) is 5.70. The third-order valence-corrected chi connectivity index (χ3v) is 3.51. The fraction of sp³-hybridized carbons (Fsp3) is 0.500. The summed E-state index contributed by atoms with van der Waals surface area (Å²) in [4.78, 5) is 11.7. The maximum atomic E-state index is 11.7. The number of halogens is 1. The molecular weight excluding hydrogens is 266 g/mol. The number of alkyl halides is 1. The van der Waals surface area contributed by atoms with Crippen LogP contribution in [0.25, 0.3) is 0 Å². The van der Waals surface area contributed by atoms with E-state index in [9.17, 15) is 4.79 Å². The average Bonchev–Trinajstić information content (AvgIpc) is 2.75. The average molecular weight is 284 g/mol. The molecule has 0 fully saturated rings. The lowest BCUT2D eigenvalue weighted by atomic mass is 10.0. The van der Waals surface area contributed by atoms with Crippen molar-refractivity contribution < 1.29 is 14.3 Å². The van der Waals surface area contributed by atoms with Crippen molar-refractivity contribution in [3.63, 3.8) is 0 Å². The number of hydrogen-bond acceptors (Lipinski definition) is 3. The van der Waals surface area contributed by atoms with Gasteiger partial charge >= 0.3 is 0 Å². The number of carbonyl (C=O) groups excluding carboxylic acids is 1. The van der Waals surface area contributed by atoms with Gasteiger partial charge in [0.1, 0.15) is 23.0 Å². The first-order valence-corrected chi connectivity index (χ1v) is 6.82. The van der Waals surface area contributed by atoms with Crippen LogP contribution < -0.4 is 14.8 Å². The van der Waals surface area contributed by atoms with Gasteiger partial charge in [0, 0.05) is 24.6 Å². The fourth-order valence-corrected chi connectivity index (χ4v) is 2.48. The molecule has 0 radical (unpaired) electrons. The Labute approximate surface area is 118 Å². The minimum absolute atomic E-state index is 0.147. The molecule has 2 atom stereocenters. The first-order valence-electron chi connectivity index (χ1n) is 6.38. The second-order valence-electron chi connectivity index (χ2n) is 4.54. The van der Waals surface area contributed by atoms with E-state index in [1.165, 1.54) is 0 Å². The van der Waals surface area contributed by atoms with E-state index in [1.54, 1.807) is 7.05 Å². The van der Waals surface area contributed by atoms with Gasteiger partial charge in [-0.1, -0.05) is 0 Å². The Balaban J connectivity index is 2.41. The zero-order valence-corrected chi connectivity index (χ0v) is 12.1. The highest BCUT2D eigenvalue weighted by Gasteiger charge is 2.27. The SMILES string of the molecule is CCOc1cc2c(cc1C(Cl)C(=O)NC)OC(C)C2. The molecule has 1 aliphatic heterocycles. The molecule has 0 bridgehead atoms. The van der Waals surface area contributed by atoms with Gasteiger partial charge in [0.15, 0.2) is 0 Å². The summed E-state index contributed by atoms with van der Waals surface area (Å²) < 4.78 is 11.3. The van der Waals surface area contributed by atoms with Crippen LogP contribution in [0.15, 0.2) is 12.1 Å². The number of carbonyl (C=O) groups is 1. The summed E-state index contributed by atoms with van der Waals surface area (Å²) in [6.07, 6.45) is 0.997. The van der Waals surface area contributed by atoms with Crippen LogP contribution in [-0.4, -0.2) is 25.7 Å². The van der Waals surface area contributed by atoms with Crippen LogP contribution in [0, 0.1) is 0 Å². The van der Waals surface area contributed by atoms with E-state index in [-0.39, 0.29) is 12.0 Å². The molecule has 104 valence electrons. The largest absolute Gasteiger partial charge is 0.494 e. The second-order valence-corrected chi connectivity index (χ2v) is 4.98. The van der Waals surface area contributed by atoms with E-state index >= 15 is 0 Å². The predicted octanol–water partition coefficient (Wildman–Crippen LogP) is 2.43. The van der Waals surface area contributed by atoms with Crippen LogP contribution in [0.5, 0.6) is 11.5 Å². The van der Waals surface area contributed by atoms with Crippen LogP contribution >= 0.6 is 11.6 Å². The highest BCUT2D eigenvalue weighted by Crippen LogP contribution is 2.39. The minimum Gasteiger partial charge on any atom is -0.494 e. The number of benzene rings is 1. The number of ether oxygens (including phenoxy) is 2. The van der Waals surface area contributed by atoms with E-state index < -0.39 is 5.38 Å². The summed E-state index contributed by atoms with van der Waals surface area (Å²) in [5.74, 6) is 1.19. The third kappa shape index (κ3) is 2.78. The smallest absolute Gasteiger partial charge is 0.242 e. The van der Waals surface area contributed by atoms with E-state index in [0.717, 1.165) is 17.7 Å². The van der Waals surface area contributed by atoms with Crippen LogP contribution in [0.3, 0.4) is 0 Å². The molecule has 19 heavy (non-hydrogen) atoms. The molecule has 1 N–H and O–H groups in total. The molecule has 0 saturated carbocycles. The summed E-state index contributed by atoms with van der Waals surface area (Å²) in [5, 5.41) is 1.76. The van der Waals surface area contributed by atoms with Crippen molar-refractivity contribution in [3.8, 4) is 11.5 Å². The number of amides is 1. The first kappa shape index (κ1) is 14.0. The fourth-order valence-electron chi connectivity index (χ4n) is 2.20. The minimum atomic E-state index is -0.781. The summed E-state index contributed by atoms with van der Waals surface area (Å²) in [5.41, 5.74) is 1.75. The highest BCUT2D eigenvalue weighted by molar-refractivity contribution is 6.31. The van der Waals surface area contributed by atoms with Gasteiger partial charge < -0.3 is 14.8 Å². The van der Waals surface area contributed by atoms with Crippen molar-refractivity contribution in [1.29, 1.82) is 0 Å². The molecule has 1 heterocycles. The van der Waals surface area contributed by atoms with E-state index in [4.69, 9.17) is 21.1 Å². The molecule has 0 aliphatic carbocycles. The van der Waals surface area contributed by atoms with Crippen LogP contribution in [-0.2, 0) is 11.2 Å². The summed E-state index contributed by atoms with van der Waals surface area (Å²) >= 11 is 6.19. The maximum absolute atomic E-state index is 11.7. The van der Waals surface area contributed by atoms with E-state index in [0.29, 0.717) is 17.9 Å². The summed E-state index contributed by atoms with van der Waals surface area (Å²) in [6, 6.07) is 3.74. The zero-order valence-electron chi connectivity index (χ0n) is 11.3. The predicted molar refractivity (Wildman–Crippen MR) is 74.1 cm³/mol. The normalized spacial score (nSPS) is 18.4. The van der Waals surface area contributed by atoms with E-state index in [2.05, 4.69) is 5.32 Å². The highest BCUT2D eigenvalue weighted by atomic mass is 35.5. The number of fused-ring (bicyclic) bond motifs is 1. The Hall–Kier alpha value is -1.42. The zero-order chi connectivity index (χ0) is 14.0. The Morgan fingerprint density at radius 3 is 3.00 bits per heavy atom. The topological polar surface area (TPSA) is 47.6 Å². The van der Waals surface area contributed by atoms with Gasteiger partial charge in [-0.2, -0.15) is 0 Å². The molecule has 1 aromatic rings. The molecule has 2 unspecified atom stereocenters. The van der Waals surface area contributed by atoms with Crippen molar-refractivity contribution >= 4 is 17.5 Å². The number of nitrogens with one attached hydrogen (secondary N) is 1. The van der Waals surface area contributed by atoms with Crippen molar-refractivity contribution in [2.45, 2.75) is 31.7 Å². The lowest BCUT2D eigenvalue weighted by Crippen LogP contribution is -2.23.